The fourth-order valence-electron chi connectivity index (χ4n) is 1.92. The van der Waals surface area contributed by atoms with Crippen LogP contribution in [0.15, 0.2) is 18.2 Å². The zero-order chi connectivity index (χ0) is 13.9. The molecule has 1 aromatic rings. The van der Waals surface area contributed by atoms with Crippen LogP contribution in [0.5, 0.6) is 0 Å². The van der Waals surface area contributed by atoms with E-state index >= 15 is 0 Å². The largest absolute Gasteiger partial charge is 0.330 e. The summed E-state index contributed by atoms with van der Waals surface area (Å²) >= 11 is 0. The summed E-state index contributed by atoms with van der Waals surface area (Å²) in [6.45, 7) is 4.70. The Hall–Kier alpha value is -1.00. The quantitative estimate of drug-likeness (QED) is 0.877. The number of benzene rings is 1. The minimum Gasteiger partial charge on any atom is -0.330 e. The first-order valence-corrected chi connectivity index (χ1v) is 6.08. The second kappa shape index (κ2) is 5.76. The molecule has 102 valence electrons. The number of nitrogens with two attached hydrogens (primary N) is 1. The summed E-state index contributed by atoms with van der Waals surface area (Å²) < 4.78 is 26.3. The summed E-state index contributed by atoms with van der Waals surface area (Å²) in [5.41, 5.74) is 6.47. The number of nitrogens with zero attached hydrogens (tertiary/aromatic N) is 1. The maximum Gasteiger partial charge on any atom is 0.159 e. The van der Waals surface area contributed by atoms with E-state index in [1.807, 2.05) is 19.0 Å². The van der Waals surface area contributed by atoms with Crippen LogP contribution in [0.25, 0.3) is 0 Å². The SMILES string of the molecule is CN(C)C(CC(C)(C)CN)c1ccc(F)c(F)c1. The highest BCUT2D eigenvalue weighted by atomic mass is 19.2. The van der Waals surface area contributed by atoms with Crippen LogP contribution < -0.4 is 5.73 Å². The monoisotopic (exact) mass is 256 g/mol. The minimum atomic E-state index is -0.811. The molecule has 0 spiro atoms. The van der Waals surface area contributed by atoms with Crippen LogP contribution in [0.3, 0.4) is 0 Å². The predicted octanol–water partition coefficient (Wildman–Crippen LogP) is 2.94. The summed E-state index contributed by atoms with van der Waals surface area (Å²) in [7, 11) is 3.86. The Labute approximate surface area is 108 Å². The van der Waals surface area contributed by atoms with Crippen LogP contribution >= 0.6 is 0 Å². The first-order valence-electron chi connectivity index (χ1n) is 6.08. The predicted molar refractivity (Wildman–Crippen MR) is 70.2 cm³/mol. The highest BCUT2D eigenvalue weighted by molar-refractivity contribution is 5.21. The molecule has 0 fully saturated rings. The molecule has 0 bridgehead atoms. The van der Waals surface area contributed by atoms with Crippen LogP contribution in [0.2, 0.25) is 0 Å². The first-order chi connectivity index (χ1) is 8.26. The van der Waals surface area contributed by atoms with Crippen molar-refractivity contribution >= 4 is 0 Å². The Kier molecular flexibility index (Phi) is 4.82. The van der Waals surface area contributed by atoms with Crippen molar-refractivity contribution in [2.75, 3.05) is 20.6 Å². The van der Waals surface area contributed by atoms with Crippen LogP contribution in [0.4, 0.5) is 8.78 Å². The molecular formula is C14H22F2N2. The maximum absolute atomic E-state index is 13.3. The Morgan fingerprint density at radius 3 is 2.28 bits per heavy atom. The van der Waals surface area contributed by atoms with Gasteiger partial charge in [0.1, 0.15) is 0 Å². The summed E-state index contributed by atoms with van der Waals surface area (Å²) in [6.07, 6.45) is 0.793. The van der Waals surface area contributed by atoms with Gasteiger partial charge in [0.05, 0.1) is 0 Å². The van der Waals surface area contributed by atoms with Gasteiger partial charge in [0.15, 0.2) is 11.6 Å². The van der Waals surface area contributed by atoms with E-state index in [0.29, 0.717) is 6.54 Å². The lowest BCUT2D eigenvalue weighted by atomic mass is 9.83. The molecule has 0 saturated heterocycles. The normalized spacial score (nSPS) is 14.0. The molecule has 1 unspecified atom stereocenters. The fourth-order valence-corrected chi connectivity index (χ4v) is 1.92. The van der Waals surface area contributed by atoms with Gasteiger partial charge in [-0.25, -0.2) is 8.78 Å². The second-order valence-electron chi connectivity index (χ2n) is 5.73. The lowest BCUT2D eigenvalue weighted by Gasteiger charge is -2.33. The summed E-state index contributed by atoms with van der Waals surface area (Å²) in [4.78, 5) is 2.00. The lowest BCUT2D eigenvalue weighted by Crippen LogP contribution is -2.31. The standard InChI is InChI=1S/C14H22F2N2/c1-14(2,9-17)8-13(18(3)4)10-5-6-11(15)12(16)7-10/h5-7,13H,8-9,17H2,1-4H3. The molecule has 0 aromatic heterocycles. The molecule has 0 radical (unpaired) electrons. The van der Waals surface area contributed by atoms with Crippen molar-refractivity contribution < 1.29 is 8.78 Å². The van der Waals surface area contributed by atoms with Crippen molar-refractivity contribution in [3.8, 4) is 0 Å². The van der Waals surface area contributed by atoms with Gasteiger partial charge in [-0.15, -0.1) is 0 Å². The fraction of sp³-hybridized carbons (Fsp3) is 0.571. The van der Waals surface area contributed by atoms with E-state index in [-0.39, 0.29) is 11.5 Å². The summed E-state index contributed by atoms with van der Waals surface area (Å²) in [5, 5.41) is 0. The zero-order valence-electron chi connectivity index (χ0n) is 11.5. The molecule has 1 aromatic carbocycles. The molecule has 0 aliphatic carbocycles. The van der Waals surface area contributed by atoms with Gasteiger partial charge in [0, 0.05) is 6.04 Å². The molecular weight excluding hydrogens is 234 g/mol. The molecule has 4 heteroatoms. The van der Waals surface area contributed by atoms with Gasteiger partial charge in [0.2, 0.25) is 0 Å². The Morgan fingerprint density at radius 2 is 1.83 bits per heavy atom. The maximum atomic E-state index is 13.3. The third-order valence-corrected chi connectivity index (χ3v) is 3.25. The smallest absolute Gasteiger partial charge is 0.159 e. The molecule has 0 saturated carbocycles. The topological polar surface area (TPSA) is 29.3 Å². The van der Waals surface area contributed by atoms with Crippen LogP contribution in [-0.4, -0.2) is 25.5 Å². The second-order valence-corrected chi connectivity index (χ2v) is 5.73. The molecule has 2 N–H and O–H groups in total. The van der Waals surface area contributed by atoms with Crippen molar-refractivity contribution in [2.24, 2.45) is 11.1 Å². The van der Waals surface area contributed by atoms with Gasteiger partial charge in [0.25, 0.3) is 0 Å². The molecule has 18 heavy (non-hydrogen) atoms. The van der Waals surface area contributed by atoms with Gasteiger partial charge in [-0.05, 0) is 50.2 Å². The van der Waals surface area contributed by atoms with Crippen molar-refractivity contribution in [1.82, 2.24) is 4.90 Å². The Balaban J connectivity index is 3.01. The van der Waals surface area contributed by atoms with Gasteiger partial charge >= 0.3 is 0 Å². The van der Waals surface area contributed by atoms with Crippen molar-refractivity contribution in [3.63, 3.8) is 0 Å². The number of hydrogen-bond donors (Lipinski definition) is 1. The van der Waals surface area contributed by atoms with Crippen LogP contribution in [-0.2, 0) is 0 Å². The first kappa shape index (κ1) is 15.1. The molecule has 0 aliphatic rings. The third kappa shape index (κ3) is 3.75. The molecule has 0 amide bonds. The van der Waals surface area contributed by atoms with Crippen LogP contribution in [0, 0.1) is 17.0 Å². The summed E-state index contributed by atoms with van der Waals surface area (Å²) in [5.74, 6) is -1.61. The number of rotatable bonds is 5. The van der Waals surface area contributed by atoms with E-state index in [1.54, 1.807) is 6.07 Å². The van der Waals surface area contributed by atoms with E-state index in [0.717, 1.165) is 12.0 Å². The molecule has 2 nitrogen and oxygen atoms in total. The van der Waals surface area contributed by atoms with Gasteiger partial charge in [-0.2, -0.15) is 0 Å². The molecule has 1 rings (SSSR count). The highest BCUT2D eigenvalue weighted by Crippen LogP contribution is 2.32. The minimum absolute atomic E-state index is 0.0265. The highest BCUT2D eigenvalue weighted by Gasteiger charge is 2.25. The summed E-state index contributed by atoms with van der Waals surface area (Å²) in [6, 6.07) is 4.11. The molecule has 1 atom stereocenters. The average molecular weight is 256 g/mol. The van der Waals surface area contributed by atoms with E-state index < -0.39 is 11.6 Å². The van der Waals surface area contributed by atoms with Gasteiger partial charge in [-0.1, -0.05) is 19.9 Å². The van der Waals surface area contributed by atoms with E-state index in [9.17, 15) is 8.78 Å². The molecule has 0 heterocycles. The van der Waals surface area contributed by atoms with Crippen molar-refractivity contribution in [1.29, 1.82) is 0 Å². The van der Waals surface area contributed by atoms with Gasteiger partial charge in [-0.3, -0.25) is 0 Å². The Morgan fingerprint density at radius 1 is 1.22 bits per heavy atom. The number of halogens is 2. The third-order valence-electron chi connectivity index (χ3n) is 3.25. The van der Waals surface area contributed by atoms with E-state index in [4.69, 9.17) is 5.73 Å². The van der Waals surface area contributed by atoms with E-state index in [1.165, 1.54) is 12.1 Å². The number of hydrogen-bond acceptors (Lipinski definition) is 2. The van der Waals surface area contributed by atoms with Crippen molar-refractivity contribution in [3.05, 3.63) is 35.4 Å². The van der Waals surface area contributed by atoms with E-state index in [2.05, 4.69) is 13.8 Å². The average Bonchev–Trinajstić information content (AvgIpc) is 2.30. The Bertz CT molecular complexity index is 403. The molecule has 0 aliphatic heterocycles. The van der Waals surface area contributed by atoms with Crippen molar-refractivity contribution in [2.45, 2.75) is 26.3 Å². The zero-order valence-corrected chi connectivity index (χ0v) is 11.5. The van der Waals surface area contributed by atoms with Crippen LogP contribution in [0.1, 0.15) is 31.9 Å². The van der Waals surface area contributed by atoms with Gasteiger partial charge < -0.3 is 10.6 Å². The lowest BCUT2D eigenvalue weighted by molar-refractivity contribution is 0.202.